The second kappa shape index (κ2) is 7.82. The van der Waals surface area contributed by atoms with E-state index in [1.807, 2.05) is 31.2 Å². The minimum Gasteiger partial charge on any atom is -0.360 e. The average molecular weight is 365 g/mol. The SMILES string of the molecule is Cc1cccc(C(CC(=O)c2ccc([N+](=O)[O-])cc2)Nc2cc(C)on2)c1. The first-order valence-electron chi connectivity index (χ1n) is 8.46. The van der Waals surface area contributed by atoms with Crippen LogP contribution >= 0.6 is 0 Å². The van der Waals surface area contributed by atoms with Gasteiger partial charge in [0.05, 0.1) is 11.0 Å². The highest BCUT2D eigenvalue weighted by atomic mass is 16.6. The van der Waals surface area contributed by atoms with Crippen molar-refractivity contribution < 1.29 is 14.2 Å². The average Bonchev–Trinajstić information content (AvgIpc) is 3.06. The lowest BCUT2D eigenvalue weighted by Gasteiger charge is -2.18. The van der Waals surface area contributed by atoms with Crippen LogP contribution < -0.4 is 5.32 Å². The summed E-state index contributed by atoms with van der Waals surface area (Å²) in [5.41, 5.74) is 2.42. The van der Waals surface area contributed by atoms with Crippen LogP contribution in [0, 0.1) is 24.0 Å². The maximum absolute atomic E-state index is 12.7. The van der Waals surface area contributed by atoms with Gasteiger partial charge in [-0.15, -0.1) is 0 Å². The van der Waals surface area contributed by atoms with Crippen LogP contribution in [0.25, 0.3) is 0 Å². The van der Waals surface area contributed by atoms with Crippen molar-refractivity contribution in [2.45, 2.75) is 26.3 Å². The molecule has 138 valence electrons. The van der Waals surface area contributed by atoms with E-state index in [0.29, 0.717) is 17.1 Å². The zero-order valence-corrected chi connectivity index (χ0v) is 15.0. The molecule has 1 heterocycles. The third-order valence-corrected chi connectivity index (χ3v) is 4.18. The van der Waals surface area contributed by atoms with E-state index in [2.05, 4.69) is 10.5 Å². The fourth-order valence-electron chi connectivity index (χ4n) is 2.82. The molecule has 0 spiro atoms. The van der Waals surface area contributed by atoms with Crippen LogP contribution in [0.15, 0.2) is 59.1 Å². The number of hydrogen-bond donors (Lipinski definition) is 1. The number of nitrogens with zero attached hydrogens (tertiary/aromatic N) is 2. The van der Waals surface area contributed by atoms with Crippen LogP contribution in [0.5, 0.6) is 0 Å². The summed E-state index contributed by atoms with van der Waals surface area (Å²) >= 11 is 0. The van der Waals surface area contributed by atoms with E-state index < -0.39 is 4.92 Å². The summed E-state index contributed by atoms with van der Waals surface area (Å²) in [5, 5.41) is 18.0. The number of nitro groups is 1. The Kier molecular flexibility index (Phi) is 5.30. The number of non-ortho nitro benzene ring substituents is 1. The Balaban J connectivity index is 1.83. The molecule has 0 radical (unpaired) electrons. The Labute approximate surface area is 156 Å². The van der Waals surface area contributed by atoms with Crippen LogP contribution in [0.3, 0.4) is 0 Å². The second-order valence-corrected chi connectivity index (χ2v) is 6.37. The normalized spacial score (nSPS) is 11.8. The van der Waals surface area contributed by atoms with Crippen molar-refractivity contribution in [2.24, 2.45) is 0 Å². The number of carbonyl (C=O) groups is 1. The third kappa shape index (κ3) is 4.58. The van der Waals surface area contributed by atoms with Gasteiger partial charge in [0.15, 0.2) is 11.6 Å². The fraction of sp³-hybridized carbons (Fsp3) is 0.200. The summed E-state index contributed by atoms with van der Waals surface area (Å²) in [5.74, 6) is 1.10. The largest absolute Gasteiger partial charge is 0.360 e. The highest BCUT2D eigenvalue weighted by Gasteiger charge is 2.19. The molecule has 27 heavy (non-hydrogen) atoms. The van der Waals surface area contributed by atoms with Gasteiger partial charge in [0.2, 0.25) is 0 Å². The maximum atomic E-state index is 12.7. The van der Waals surface area contributed by atoms with Crippen molar-refractivity contribution in [2.75, 3.05) is 5.32 Å². The molecule has 1 atom stereocenters. The number of benzene rings is 2. The van der Waals surface area contributed by atoms with Gasteiger partial charge in [0, 0.05) is 30.2 Å². The molecular formula is C20H19N3O4. The molecule has 3 rings (SSSR count). The van der Waals surface area contributed by atoms with E-state index in [4.69, 9.17) is 4.52 Å². The minimum absolute atomic E-state index is 0.0435. The van der Waals surface area contributed by atoms with Crippen LogP contribution in [0.2, 0.25) is 0 Å². The quantitative estimate of drug-likeness (QED) is 0.372. The molecule has 1 unspecified atom stereocenters. The van der Waals surface area contributed by atoms with E-state index in [9.17, 15) is 14.9 Å². The van der Waals surface area contributed by atoms with Gasteiger partial charge in [-0.25, -0.2) is 0 Å². The molecule has 0 bridgehead atoms. The molecule has 0 aliphatic heterocycles. The van der Waals surface area contributed by atoms with Gasteiger partial charge in [-0.1, -0.05) is 35.0 Å². The predicted octanol–water partition coefficient (Wildman–Crippen LogP) is 4.63. The highest BCUT2D eigenvalue weighted by molar-refractivity contribution is 5.96. The molecular weight excluding hydrogens is 346 g/mol. The number of carbonyl (C=O) groups excluding carboxylic acids is 1. The Morgan fingerprint density at radius 2 is 1.93 bits per heavy atom. The number of ketones is 1. The van der Waals surface area contributed by atoms with Gasteiger partial charge >= 0.3 is 0 Å². The number of rotatable bonds is 7. The molecule has 2 aromatic carbocycles. The molecule has 0 saturated carbocycles. The van der Waals surface area contributed by atoms with Crippen LogP contribution in [0.4, 0.5) is 11.5 Å². The molecule has 1 aromatic heterocycles. The summed E-state index contributed by atoms with van der Waals surface area (Å²) < 4.78 is 5.09. The lowest BCUT2D eigenvalue weighted by Crippen LogP contribution is -2.16. The smallest absolute Gasteiger partial charge is 0.269 e. The number of nitro benzene ring substituents is 1. The predicted molar refractivity (Wildman–Crippen MR) is 101 cm³/mol. The lowest BCUT2D eigenvalue weighted by molar-refractivity contribution is -0.384. The molecule has 3 aromatic rings. The molecule has 0 saturated heterocycles. The van der Waals surface area contributed by atoms with Crippen molar-refractivity contribution >= 4 is 17.3 Å². The van der Waals surface area contributed by atoms with Crippen molar-refractivity contribution in [3.05, 3.63) is 87.2 Å². The monoisotopic (exact) mass is 365 g/mol. The standard InChI is InChI=1S/C20H19N3O4/c1-13-4-3-5-16(10-13)18(21-20-11-14(2)27-22-20)12-19(24)15-6-8-17(9-7-15)23(25)26/h3-11,18H,12H2,1-2H3,(H,21,22). The first kappa shape index (κ1) is 18.3. The molecule has 0 aliphatic carbocycles. The first-order valence-corrected chi connectivity index (χ1v) is 8.46. The van der Waals surface area contributed by atoms with Crippen LogP contribution in [0.1, 0.15) is 39.7 Å². The molecule has 0 amide bonds. The van der Waals surface area contributed by atoms with Crippen molar-refractivity contribution in [3.8, 4) is 0 Å². The number of anilines is 1. The summed E-state index contributed by atoms with van der Waals surface area (Å²) in [4.78, 5) is 23.0. The number of aryl methyl sites for hydroxylation is 2. The molecule has 0 aliphatic rings. The summed E-state index contributed by atoms with van der Waals surface area (Å²) in [6.07, 6.45) is 0.174. The van der Waals surface area contributed by atoms with E-state index in [0.717, 1.165) is 11.1 Å². The van der Waals surface area contributed by atoms with E-state index in [1.54, 1.807) is 13.0 Å². The van der Waals surface area contributed by atoms with Crippen molar-refractivity contribution in [3.63, 3.8) is 0 Å². The van der Waals surface area contributed by atoms with E-state index in [-0.39, 0.29) is 23.9 Å². The third-order valence-electron chi connectivity index (χ3n) is 4.18. The topological polar surface area (TPSA) is 98.3 Å². The zero-order chi connectivity index (χ0) is 19.4. The molecule has 7 nitrogen and oxygen atoms in total. The Morgan fingerprint density at radius 1 is 1.19 bits per heavy atom. The Morgan fingerprint density at radius 3 is 2.52 bits per heavy atom. The van der Waals surface area contributed by atoms with Crippen LogP contribution in [-0.4, -0.2) is 15.9 Å². The number of nitrogens with one attached hydrogen (secondary N) is 1. The maximum Gasteiger partial charge on any atom is 0.269 e. The lowest BCUT2D eigenvalue weighted by atomic mass is 9.96. The molecule has 1 N–H and O–H groups in total. The fourth-order valence-corrected chi connectivity index (χ4v) is 2.82. The summed E-state index contributed by atoms with van der Waals surface area (Å²) in [6, 6.07) is 15.0. The second-order valence-electron chi connectivity index (χ2n) is 6.37. The van der Waals surface area contributed by atoms with Gasteiger partial charge in [0.25, 0.3) is 5.69 Å². The van der Waals surface area contributed by atoms with Gasteiger partial charge in [-0.3, -0.25) is 14.9 Å². The Hall–Kier alpha value is -3.48. The van der Waals surface area contributed by atoms with E-state index in [1.165, 1.54) is 24.3 Å². The first-order chi connectivity index (χ1) is 12.9. The molecule has 7 heteroatoms. The molecule has 0 fully saturated rings. The van der Waals surface area contributed by atoms with Gasteiger partial charge < -0.3 is 9.84 Å². The zero-order valence-electron chi connectivity index (χ0n) is 15.0. The van der Waals surface area contributed by atoms with E-state index >= 15 is 0 Å². The highest BCUT2D eigenvalue weighted by Crippen LogP contribution is 2.25. The number of aromatic nitrogens is 1. The summed E-state index contributed by atoms with van der Waals surface area (Å²) in [7, 11) is 0. The minimum atomic E-state index is -0.488. The number of Topliss-reactive ketones (excluding diaryl/α,β-unsaturated/α-hetero) is 1. The summed E-state index contributed by atoms with van der Waals surface area (Å²) in [6.45, 7) is 3.78. The van der Waals surface area contributed by atoms with Crippen molar-refractivity contribution in [1.29, 1.82) is 0 Å². The van der Waals surface area contributed by atoms with Gasteiger partial charge in [0.1, 0.15) is 5.76 Å². The van der Waals surface area contributed by atoms with Crippen molar-refractivity contribution in [1.82, 2.24) is 5.16 Å². The Bertz CT molecular complexity index is 963. The number of hydrogen-bond acceptors (Lipinski definition) is 6. The van der Waals surface area contributed by atoms with Crippen LogP contribution in [-0.2, 0) is 0 Å². The van der Waals surface area contributed by atoms with Gasteiger partial charge in [-0.2, -0.15) is 0 Å². The van der Waals surface area contributed by atoms with Gasteiger partial charge in [-0.05, 0) is 31.5 Å².